The molecule has 0 fully saturated rings. The first-order valence-electron chi connectivity index (χ1n) is 9.00. The molecule has 2 aromatic rings. The molecule has 0 saturated carbocycles. The van der Waals surface area contributed by atoms with Gasteiger partial charge in [0.2, 0.25) is 0 Å². The quantitative estimate of drug-likeness (QED) is 0.222. The summed E-state index contributed by atoms with van der Waals surface area (Å²) in [7, 11) is -9.89. The summed E-state index contributed by atoms with van der Waals surface area (Å²) in [4.78, 5) is 0. The zero-order chi connectivity index (χ0) is 27.3. The van der Waals surface area contributed by atoms with Crippen LogP contribution in [0.5, 0.6) is 11.5 Å². The number of benzene rings is 2. The van der Waals surface area contributed by atoms with Crippen molar-refractivity contribution in [1.82, 2.24) is 0 Å². The molecule has 2 rings (SSSR count). The summed E-state index contributed by atoms with van der Waals surface area (Å²) < 4.78 is 67.9. The maximum absolute atomic E-state index is 11.4. The van der Waals surface area contributed by atoms with E-state index in [0.717, 1.165) is 11.1 Å². The second-order valence-electron chi connectivity index (χ2n) is 6.40. The van der Waals surface area contributed by atoms with E-state index in [-0.39, 0.29) is 71.8 Å². The van der Waals surface area contributed by atoms with Crippen LogP contribution < -0.4 is 70.4 Å². The Labute approximate surface area is 233 Å². The molecule has 36 heavy (non-hydrogen) atoms. The van der Waals surface area contributed by atoms with Crippen molar-refractivity contribution in [3.05, 3.63) is 57.6 Å². The molecular weight excluding hydrogens is 630 g/mol. The van der Waals surface area contributed by atoms with Crippen molar-refractivity contribution in [3.8, 4) is 11.5 Å². The average Bonchev–Trinajstić information content (AvgIpc) is 2.68. The van der Waals surface area contributed by atoms with Gasteiger partial charge >= 0.3 is 34.1 Å². The third-order valence-corrected chi connectivity index (χ3v) is 3.65. The molecule has 2 aromatic carbocycles. The van der Waals surface area contributed by atoms with Crippen molar-refractivity contribution < 1.29 is 102 Å². The summed E-state index contributed by atoms with van der Waals surface area (Å²) in [5.74, 6) is -0.0174. The van der Waals surface area contributed by atoms with Crippen LogP contribution in [-0.4, -0.2) is 0 Å². The van der Waals surface area contributed by atoms with E-state index >= 15 is 0 Å². The third kappa shape index (κ3) is 22.4. The van der Waals surface area contributed by atoms with Crippen molar-refractivity contribution in [3.63, 3.8) is 0 Å². The molecule has 0 aromatic heterocycles. The Morgan fingerprint density at radius 3 is 0.750 bits per heavy atom. The molecule has 0 atom stereocenters. The normalized spacial score (nSPS) is 10.2. The standard InChI is InChI=1S/2C9H14N2O.2ClHO4.2Cu/c2*1-6-2-7(4-10)9(12)8(3-6)5-11;2*2-1(3,4)5;;/h2*2-3,12H,4-5,10-11H2,1H3;2*(H,2,3,4,5);;/q;;;;2*+2/p-4. The third-order valence-electron chi connectivity index (χ3n) is 3.65. The fourth-order valence-corrected chi connectivity index (χ4v) is 2.46. The van der Waals surface area contributed by atoms with Gasteiger partial charge in [0.05, 0.1) is 0 Å². The van der Waals surface area contributed by atoms with E-state index in [0.29, 0.717) is 22.3 Å². The molecule has 0 aliphatic rings. The molecule has 0 heterocycles. The predicted molar refractivity (Wildman–Crippen MR) is 92.8 cm³/mol. The molecule has 18 heteroatoms. The molecule has 14 nitrogen and oxygen atoms in total. The van der Waals surface area contributed by atoms with Gasteiger partial charge < -0.3 is 33.1 Å². The van der Waals surface area contributed by atoms with Crippen LogP contribution in [0.1, 0.15) is 33.4 Å². The van der Waals surface area contributed by atoms with Crippen molar-refractivity contribution in [2.45, 2.75) is 40.0 Å². The maximum atomic E-state index is 11.4. The van der Waals surface area contributed by atoms with Crippen molar-refractivity contribution in [1.29, 1.82) is 0 Å². The van der Waals surface area contributed by atoms with Crippen LogP contribution in [0.15, 0.2) is 24.3 Å². The number of hydrogen-bond acceptors (Lipinski definition) is 14. The van der Waals surface area contributed by atoms with Crippen molar-refractivity contribution in [2.24, 2.45) is 22.9 Å². The summed E-state index contributed by atoms with van der Waals surface area (Å²) in [6.07, 6.45) is 0. The first-order valence-corrected chi connectivity index (χ1v) is 11.5. The summed E-state index contributed by atoms with van der Waals surface area (Å²) in [6.45, 7) is 5.00. The fraction of sp³-hybridized carbons (Fsp3) is 0.333. The molecule has 0 aliphatic heterocycles. The van der Waals surface area contributed by atoms with E-state index < -0.39 is 20.5 Å². The van der Waals surface area contributed by atoms with E-state index in [9.17, 15) is 10.2 Å². The zero-order valence-electron chi connectivity index (χ0n) is 18.9. The van der Waals surface area contributed by atoms with Gasteiger partial charge in [-0.15, -0.1) is 20.5 Å². The number of halogens is 2. The molecule has 0 bridgehead atoms. The number of aryl methyl sites for hydroxylation is 2. The summed E-state index contributed by atoms with van der Waals surface area (Å²) in [5, 5.41) is 22.8. The SMILES string of the molecule is Cc1cc(CN)c([O-])c(CN)c1.Cc1cc(CN)c([O-])c(CN)c1.[Cu+2].[Cu+2].[O-][Cl+3]([O-])([O-])[O-].[O-][Cl+3]([O-])([O-])[O-]. The summed E-state index contributed by atoms with van der Waals surface area (Å²) >= 11 is 0. The molecule has 2 radical (unpaired) electrons. The van der Waals surface area contributed by atoms with Crippen LogP contribution in [-0.2, 0) is 60.3 Å². The van der Waals surface area contributed by atoms with Crippen LogP contribution in [0.4, 0.5) is 0 Å². The fourth-order valence-electron chi connectivity index (χ4n) is 2.46. The molecule has 214 valence electrons. The predicted octanol–water partition coefficient (Wildman–Crippen LogP) is -9.54. The van der Waals surface area contributed by atoms with Crippen LogP contribution in [0.2, 0.25) is 0 Å². The Bertz CT molecular complexity index is 754. The van der Waals surface area contributed by atoms with Gasteiger partial charge in [0, 0.05) is 26.2 Å². The molecule has 8 N–H and O–H groups in total. The number of rotatable bonds is 4. The minimum Gasteiger partial charge on any atom is -0.872 e. The molecule has 0 spiro atoms. The van der Waals surface area contributed by atoms with Gasteiger partial charge in [0.25, 0.3) is 0 Å². The Morgan fingerprint density at radius 1 is 0.500 bits per heavy atom. The number of hydrogen-bond donors (Lipinski definition) is 4. The minimum atomic E-state index is -4.94. The second kappa shape index (κ2) is 20.2. The van der Waals surface area contributed by atoms with Gasteiger partial charge in [0.1, 0.15) is 0 Å². The second-order valence-corrected chi connectivity index (χ2v) is 7.91. The van der Waals surface area contributed by atoms with Crippen molar-refractivity contribution in [2.75, 3.05) is 0 Å². The van der Waals surface area contributed by atoms with Gasteiger partial charge in [-0.25, -0.2) is 37.3 Å². The molecular formula is C18H26Cl2Cu2N4O10. The first-order chi connectivity index (χ1) is 15.4. The number of nitrogens with two attached hydrogens (primary N) is 4. The Morgan fingerprint density at radius 2 is 0.639 bits per heavy atom. The van der Waals surface area contributed by atoms with Crippen LogP contribution in [0.3, 0.4) is 0 Å². The summed E-state index contributed by atoms with van der Waals surface area (Å²) in [5.41, 5.74) is 26.3. The van der Waals surface area contributed by atoms with Crippen LogP contribution in [0.25, 0.3) is 0 Å². The van der Waals surface area contributed by atoms with Gasteiger partial charge in [-0.3, -0.25) is 0 Å². The van der Waals surface area contributed by atoms with E-state index in [4.69, 9.17) is 60.2 Å². The topological polar surface area (TPSA) is 335 Å². The van der Waals surface area contributed by atoms with E-state index in [1.54, 1.807) is 0 Å². The largest absolute Gasteiger partial charge is 2.00 e. The minimum absolute atomic E-state index is 0. The first kappa shape index (κ1) is 42.3. The van der Waals surface area contributed by atoms with Crippen LogP contribution in [0, 0.1) is 34.3 Å². The van der Waals surface area contributed by atoms with Crippen molar-refractivity contribution >= 4 is 0 Å². The molecule has 0 aliphatic carbocycles. The van der Waals surface area contributed by atoms with Crippen LogP contribution >= 0.6 is 0 Å². The average molecular weight is 656 g/mol. The van der Waals surface area contributed by atoms with Gasteiger partial charge in [-0.2, -0.15) is 0 Å². The van der Waals surface area contributed by atoms with Gasteiger partial charge in [-0.1, -0.05) is 46.9 Å². The zero-order valence-corrected chi connectivity index (χ0v) is 22.3. The van der Waals surface area contributed by atoms with E-state index in [2.05, 4.69) is 0 Å². The maximum Gasteiger partial charge on any atom is 2.00 e. The monoisotopic (exact) mass is 654 g/mol. The Kier molecular flexibility index (Phi) is 23.7. The molecule has 0 saturated heterocycles. The van der Waals surface area contributed by atoms with Gasteiger partial charge in [0.15, 0.2) is 0 Å². The smallest absolute Gasteiger partial charge is 0.872 e. The molecule has 0 unspecified atom stereocenters. The van der Waals surface area contributed by atoms with E-state index in [1.807, 2.05) is 38.1 Å². The van der Waals surface area contributed by atoms with Gasteiger partial charge in [-0.05, 0) is 36.1 Å². The Hall–Kier alpha value is -0.821. The molecule has 0 amide bonds. The van der Waals surface area contributed by atoms with E-state index in [1.165, 1.54) is 0 Å². The summed E-state index contributed by atoms with van der Waals surface area (Å²) in [6, 6.07) is 7.23. The Balaban J connectivity index is -0.000000201.